The summed E-state index contributed by atoms with van der Waals surface area (Å²) in [4.78, 5) is 5.08. The van der Waals surface area contributed by atoms with Crippen LogP contribution in [0, 0.1) is 0 Å². The number of hydrogen-bond acceptors (Lipinski definition) is 3. The van der Waals surface area contributed by atoms with Gasteiger partial charge in [-0.25, -0.2) is 0 Å². The van der Waals surface area contributed by atoms with Gasteiger partial charge in [0.2, 0.25) is 0 Å². The lowest BCUT2D eigenvalue weighted by molar-refractivity contribution is 0.101. The number of likely N-dealkylation sites (tertiary alicyclic amines) is 1. The number of piperidine rings is 1. The number of aryl methyl sites for hydroxylation is 1. The molecule has 3 nitrogen and oxygen atoms in total. The second-order valence-electron chi connectivity index (χ2n) is 9.81. The molecule has 0 bridgehead atoms. The Bertz CT molecular complexity index is 978. The Labute approximate surface area is 199 Å². The van der Waals surface area contributed by atoms with Crippen LogP contribution in [-0.2, 0) is 25.9 Å². The first-order valence-electron chi connectivity index (χ1n) is 12.5. The number of ether oxygens (including phenoxy) is 1. The average molecular weight is 441 g/mol. The fraction of sp³-hybridized carbons (Fsp3) is 0.400. The molecule has 1 aliphatic heterocycles. The Morgan fingerprint density at radius 1 is 0.848 bits per heavy atom. The van der Waals surface area contributed by atoms with Gasteiger partial charge in [0.05, 0.1) is 0 Å². The van der Waals surface area contributed by atoms with Crippen LogP contribution in [0.25, 0.3) is 0 Å². The number of fused-ring (bicyclic) bond motifs is 1. The summed E-state index contributed by atoms with van der Waals surface area (Å²) in [7, 11) is 2.21. The predicted molar refractivity (Wildman–Crippen MR) is 136 cm³/mol. The van der Waals surface area contributed by atoms with Crippen molar-refractivity contribution in [3.8, 4) is 5.75 Å². The first-order chi connectivity index (χ1) is 16.2. The Balaban J connectivity index is 1.37. The van der Waals surface area contributed by atoms with Crippen molar-refractivity contribution < 1.29 is 4.74 Å². The van der Waals surface area contributed by atoms with Crippen LogP contribution in [0.3, 0.4) is 0 Å². The minimum atomic E-state index is 0.306. The first kappa shape index (κ1) is 22.2. The van der Waals surface area contributed by atoms with Crippen LogP contribution < -0.4 is 4.74 Å². The Hall–Kier alpha value is -2.62. The Kier molecular flexibility index (Phi) is 7.09. The second-order valence-corrected chi connectivity index (χ2v) is 9.81. The topological polar surface area (TPSA) is 15.7 Å². The van der Waals surface area contributed by atoms with Crippen molar-refractivity contribution in [1.82, 2.24) is 9.80 Å². The predicted octanol–water partition coefficient (Wildman–Crippen LogP) is 5.72. The minimum absolute atomic E-state index is 0.306. The van der Waals surface area contributed by atoms with Crippen molar-refractivity contribution in [2.24, 2.45) is 0 Å². The van der Waals surface area contributed by atoms with Gasteiger partial charge in [-0.15, -0.1) is 0 Å². The van der Waals surface area contributed by atoms with E-state index in [4.69, 9.17) is 4.74 Å². The van der Waals surface area contributed by atoms with Gasteiger partial charge < -0.3 is 9.64 Å². The van der Waals surface area contributed by atoms with Gasteiger partial charge in [0, 0.05) is 25.7 Å². The maximum atomic E-state index is 6.63. The number of rotatable bonds is 7. The fourth-order valence-corrected chi connectivity index (χ4v) is 5.50. The molecular formula is C30H36N2O. The van der Waals surface area contributed by atoms with Crippen LogP contribution in [0.1, 0.15) is 41.5 Å². The average Bonchev–Trinajstić information content (AvgIpc) is 2.85. The highest BCUT2D eigenvalue weighted by atomic mass is 16.5. The number of benzene rings is 3. The van der Waals surface area contributed by atoms with E-state index in [0.717, 1.165) is 44.6 Å². The Morgan fingerprint density at radius 3 is 2.21 bits per heavy atom. The van der Waals surface area contributed by atoms with Gasteiger partial charge in [-0.05, 0) is 74.0 Å². The number of nitrogens with zero attached hydrogens (tertiary/aromatic N) is 2. The molecule has 3 heteroatoms. The maximum Gasteiger partial charge on any atom is 0.123 e. The molecule has 5 rings (SSSR count). The van der Waals surface area contributed by atoms with Gasteiger partial charge in [-0.3, -0.25) is 4.90 Å². The molecule has 0 amide bonds. The van der Waals surface area contributed by atoms with Crippen LogP contribution in [0.15, 0.2) is 78.9 Å². The molecule has 0 radical (unpaired) electrons. The standard InChI is InChI=1S/C30H36N2O/c1-31-19-9-15-28(23-31)33-30-16-8-14-26-17-18-27(20-29(26)30)32(21-24-10-4-2-5-11-24)22-25-12-6-3-7-13-25/h2-8,10-14,16,27-28H,9,15,17-23H2,1H3/t27-,28?/m1/s1. The highest BCUT2D eigenvalue weighted by Gasteiger charge is 2.28. The van der Waals surface area contributed by atoms with Crippen molar-refractivity contribution in [3.05, 3.63) is 101 Å². The van der Waals surface area contributed by atoms with E-state index in [0.29, 0.717) is 12.1 Å². The summed E-state index contributed by atoms with van der Waals surface area (Å²) in [5.41, 5.74) is 5.68. The summed E-state index contributed by atoms with van der Waals surface area (Å²) < 4.78 is 6.63. The largest absolute Gasteiger partial charge is 0.489 e. The molecule has 1 fully saturated rings. The molecule has 33 heavy (non-hydrogen) atoms. The molecule has 0 N–H and O–H groups in total. The first-order valence-corrected chi connectivity index (χ1v) is 12.5. The minimum Gasteiger partial charge on any atom is -0.489 e. The van der Waals surface area contributed by atoms with Gasteiger partial charge in [-0.2, -0.15) is 0 Å². The van der Waals surface area contributed by atoms with Crippen molar-refractivity contribution in [2.45, 2.75) is 57.3 Å². The summed E-state index contributed by atoms with van der Waals surface area (Å²) in [5, 5.41) is 0. The van der Waals surface area contributed by atoms with Crippen LogP contribution in [-0.4, -0.2) is 42.1 Å². The third kappa shape index (κ3) is 5.66. The highest BCUT2D eigenvalue weighted by Crippen LogP contribution is 2.34. The van der Waals surface area contributed by atoms with E-state index < -0.39 is 0 Å². The van der Waals surface area contributed by atoms with Crippen molar-refractivity contribution in [3.63, 3.8) is 0 Å². The molecule has 2 aliphatic rings. The molecule has 172 valence electrons. The molecule has 0 saturated carbocycles. The zero-order valence-corrected chi connectivity index (χ0v) is 19.8. The normalized spacial score (nSPS) is 21.0. The number of likely N-dealkylation sites (N-methyl/N-ethyl adjacent to an activating group) is 1. The van der Waals surface area contributed by atoms with Gasteiger partial charge in [-0.1, -0.05) is 72.8 Å². The quantitative estimate of drug-likeness (QED) is 0.467. The second kappa shape index (κ2) is 10.5. The summed E-state index contributed by atoms with van der Waals surface area (Å²) in [6.07, 6.45) is 6.07. The highest BCUT2D eigenvalue weighted by molar-refractivity contribution is 5.43. The van der Waals surface area contributed by atoms with Gasteiger partial charge in [0.1, 0.15) is 11.9 Å². The lowest BCUT2D eigenvalue weighted by Crippen LogP contribution is -2.40. The van der Waals surface area contributed by atoms with E-state index in [1.807, 2.05) is 0 Å². The van der Waals surface area contributed by atoms with E-state index in [-0.39, 0.29) is 0 Å². The summed E-state index contributed by atoms with van der Waals surface area (Å²) in [6, 6.07) is 29.0. The third-order valence-electron chi connectivity index (χ3n) is 7.26. The monoisotopic (exact) mass is 440 g/mol. The fourth-order valence-electron chi connectivity index (χ4n) is 5.50. The molecule has 0 aromatic heterocycles. The molecule has 3 aromatic rings. The maximum absolute atomic E-state index is 6.63. The molecule has 1 heterocycles. The summed E-state index contributed by atoms with van der Waals surface area (Å²) in [5.74, 6) is 1.12. The van der Waals surface area contributed by atoms with E-state index in [2.05, 4.69) is 95.7 Å². The van der Waals surface area contributed by atoms with Crippen LogP contribution in [0.2, 0.25) is 0 Å². The van der Waals surface area contributed by atoms with E-state index >= 15 is 0 Å². The van der Waals surface area contributed by atoms with E-state index in [1.54, 1.807) is 0 Å². The number of hydrogen-bond donors (Lipinski definition) is 0. The molecule has 1 saturated heterocycles. The van der Waals surface area contributed by atoms with E-state index in [9.17, 15) is 0 Å². The zero-order chi connectivity index (χ0) is 22.5. The van der Waals surface area contributed by atoms with Crippen LogP contribution in [0.5, 0.6) is 5.75 Å². The summed E-state index contributed by atoms with van der Waals surface area (Å²) in [6.45, 7) is 4.17. The zero-order valence-electron chi connectivity index (χ0n) is 19.8. The van der Waals surface area contributed by atoms with Gasteiger partial charge in [0.25, 0.3) is 0 Å². The van der Waals surface area contributed by atoms with Gasteiger partial charge in [0.15, 0.2) is 0 Å². The molecule has 1 aliphatic carbocycles. The summed E-state index contributed by atoms with van der Waals surface area (Å²) >= 11 is 0. The van der Waals surface area contributed by atoms with Gasteiger partial charge >= 0.3 is 0 Å². The molecule has 0 spiro atoms. The Morgan fingerprint density at radius 2 is 1.55 bits per heavy atom. The van der Waals surface area contributed by atoms with E-state index in [1.165, 1.54) is 41.6 Å². The smallest absolute Gasteiger partial charge is 0.123 e. The van der Waals surface area contributed by atoms with Crippen molar-refractivity contribution in [1.29, 1.82) is 0 Å². The molecule has 2 atom stereocenters. The molecular weight excluding hydrogens is 404 g/mol. The third-order valence-corrected chi connectivity index (χ3v) is 7.26. The van der Waals surface area contributed by atoms with Crippen LogP contribution >= 0.6 is 0 Å². The van der Waals surface area contributed by atoms with Crippen molar-refractivity contribution >= 4 is 0 Å². The SMILES string of the molecule is CN1CCCC(Oc2cccc3c2C[C@H](N(Cc2ccccc2)Cc2ccccc2)CC3)C1. The molecule has 1 unspecified atom stereocenters. The molecule has 3 aromatic carbocycles. The lowest BCUT2D eigenvalue weighted by atomic mass is 9.86. The van der Waals surface area contributed by atoms with Crippen LogP contribution in [0.4, 0.5) is 0 Å². The lowest BCUT2D eigenvalue weighted by Gasteiger charge is -2.37. The van der Waals surface area contributed by atoms with Crippen molar-refractivity contribution in [2.75, 3.05) is 20.1 Å².